The zero-order valence-corrected chi connectivity index (χ0v) is 72.3. The van der Waals surface area contributed by atoms with Crippen LogP contribution in [0.5, 0.6) is 0 Å². The molecule has 1 aromatic rings. The van der Waals surface area contributed by atoms with Crippen molar-refractivity contribution < 1.29 is 107 Å². The van der Waals surface area contributed by atoms with E-state index in [-0.39, 0.29) is 24.1 Å². The molecule has 9 aliphatic rings. The van der Waals surface area contributed by atoms with Gasteiger partial charge in [-0.05, 0) is 130 Å². The number of H-pyrrole nitrogens is 1. The van der Waals surface area contributed by atoms with Crippen LogP contribution in [-0.4, -0.2) is 362 Å². The Morgan fingerprint density at radius 3 is 1.48 bits per heavy atom. The minimum absolute atomic E-state index is 0.228. The van der Waals surface area contributed by atoms with E-state index in [1.54, 1.807) is 18.2 Å². The number of alkyl halides is 2. The van der Waals surface area contributed by atoms with Gasteiger partial charge in [0.2, 0.25) is 11.7 Å². The molecule has 5 fully saturated rings. The van der Waals surface area contributed by atoms with E-state index in [0.29, 0.717) is 53.8 Å². The Morgan fingerprint density at radius 1 is 0.579 bits per heavy atom. The number of carbonyl (C=O) groups excluding carboxylic acids is 7. The minimum atomic E-state index is -1.54. The number of nitrogens with one attached hydrogen (secondary N) is 6. The Balaban J connectivity index is 0.000000223. The lowest BCUT2D eigenvalue weighted by Gasteiger charge is -2.33. The van der Waals surface area contributed by atoms with Crippen LogP contribution in [0.15, 0.2) is 101 Å². The number of methoxy groups -OCH3 is 1. The molecule has 114 heavy (non-hydrogen) atoms. The summed E-state index contributed by atoms with van der Waals surface area (Å²) in [6.45, 7) is 26.5. The van der Waals surface area contributed by atoms with Crippen LogP contribution < -0.4 is 37.8 Å². The number of aromatic nitrogens is 2. The van der Waals surface area contributed by atoms with E-state index in [1.807, 2.05) is 18.3 Å². The summed E-state index contributed by atoms with van der Waals surface area (Å²) in [6.07, 6.45) is 21.6. The first kappa shape index (κ1) is 97.0. The van der Waals surface area contributed by atoms with Crippen molar-refractivity contribution in [3.63, 3.8) is 0 Å². The molecule has 7 amide bonds. The van der Waals surface area contributed by atoms with Crippen LogP contribution in [0.2, 0.25) is 0 Å². The molecule has 10 rings (SSSR count). The molecular weight excluding hydrogens is 1600 g/mol. The highest BCUT2D eigenvalue weighted by atomic mass is 35.5. The van der Waals surface area contributed by atoms with E-state index >= 15 is 0 Å². The molecule has 9 aliphatic heterocycles. The van der Waals surface area contributed by atoms with Crippen LogP contribution in [0.3, 0.4) is 0 Å². The van der Waals surface area contributed by atoms with E-state index in [2.05, 4.69) is 136 Å². The van der Waals surface area contributed by atoms with E-state index in [1.165, 1.54) is 37.7 Å². The van der Waals surface area contributed by atoms with Gasteiger partial charge in [0.1, 0.15) is 72.4 Å². The van der Waals surface area contributed by atoms with Crippen molar-refractivity contribution in [1.82, 2.24) is 45.9 Å². The van der Waals surface area contributed by atoms with Crippen LogP contribution in [0.4, 0.5) is 14.0 Å². The average molecular weight is 1720 g/mol. The van der Waals surface area contributed by atoms with Gasteiger partial charge in [-0.1, -0.05) is 25.8 Å². The first-order chi connectivity index (χ1) is 52.6. The number of ether oxygens (including phenoxy) is 7. The third kappa shape index (κ3) is 27.4. The normalized spacial score (nSPS) is 31.7. The van der Waals surface area contributed by atoms with Gasteiger partial charge in [-0.25, -0.2) is 18.8 Å². The smallest absolute Gasteiger partial charge is 0.330 e. The zero-order valence-electron chi connectivity index (χ0n) is 67.1. The van der Waals surface area contributed by atoms with E-state index in [0.717, 1.165) is 60.1 Å². The predicted molar refractivity (Wildman–Crippen MR) is 452 cm³/mol. The summed E-state index contributed by atoms with van der Waals surface area (Å²) in [5.74, 6) is -2.90. The van der Waals surface area contributed by atoms with Crippen molar-refractivity contribution in [2.24, 2.45) is 5.92 Å². The molecule has 0 aliphatic carbocycles. The van der Waals surface area contributed by atoms with Gasteiger partial charge < -0.3 is 100 Å². The summed E-state index contributed by atoms with van der Waals surface area (Å²) in [5.41, 5.74) is -0.453. The fourth-order valence-corrected chi connectivity index (χ4v) is 18.1. The maximum atomic E-state index is 14.3. The first-order valence-corrected chi connectivity index (χ1v) is 52.5. The third-order valence-corrected chi connectivity index (χ3v) is 27.4. The summed E-state index contributed by atoms with van der Waals surface area (Å²) in [7, 11) is 2.94. The van der Waals surface area contributed by atoms with Crippen LogP contribution >= 0.6 is 46.0 Å². The molecule has 0 saturated carbocycles. The number of halogens is 2. The number of Topliss-reactive ketones (excluding diaryl/α,β-unsaturated/α-hetero) is 1. The molecule has 640 valence electrons. The number of aliphatic hydroxyl groups is 7. The van der Waals surface area contributed by atoms with Gasteiger partial charge >= 0.3 is 23.7 Å². The fraction of sp³-hybridized carbons (Fsp3) is 0.600. The Labute approximate surface area is 670 Å². The topological polar surface area (TPSA) is 447 Å². The van der Waals surface area contributed by atoms with Crippen molar-refractivity contribution in [1.29, 1.82) is 0 Å². The summed E-state index contributed by atoms with van der Waals surface area (Å²) in [4.78, 5) is 109. The summed E-state index contributed by atoms with van der Waals surface area (Å²) >= 11 is 6.30. The molecule has 1 aromatic heterocycles. The lowest BCUT2D eigenvalue weighted by molar-refractivity contribution is -0.148. The number of carbonyl (C=O) groups is 7. The van der Waals surface area contributed by atoms with Gasteiger partial charge in [0.25, 0.3) is 17.4 Å². The van der Waals surface area contributed by atoms with Crippen molar-refractivity contribution in [2.45, 2.75) is 161 Å². The second-order valence-electron chi connectivity index (χ2n) is 32.8. The van der Waals surface area contributed by atoms with Crippen molar-refractivity contribution in [3.05, 3.63) is 118 Å². The van der Waals surface area contributed by atoms with E-state index in [4.69, 9.17) is 40.0 Å². The van der Waals surface area contributed by atoms with Gasteiger partial charge in [0.15, 0.2) is 25.2 Å². The molecule has 39 heteroatoms. The molecule has 10 heterocycles. The lowest BCUT2D eigenvalue weighted by atomic mass is 9.92. The fourth-order valence-electron chi connectivity index (χ4n) is 13.0. The number of hydrogen-bond acceptors (Lipinski definition) is 24. The van der Waals surface area contributed by atoms with Gasteiger partial charge in [-0.15, -0.1) is 77.5 Å². The minimum Gasteiger partial charge on any atom is -0.457 e. The molecule has 0 spiro atoms. The standard InChI is InChI=1S/C17H25N2O8P.C15H25N2O4P.C15H24NO5P.C14H22ClN2O3P.C14H22FN2O3P/c1-9(20)26-8-11(21)10-7-19(17(25)18-15(10)24)16-14(23)13(22)12(27-16)5-6-28(2,3)4;1-10-16-12(18)6-8-17(10)15-14(20-2)13(19)11(21-15)7-9-22(3,4)5;1-16-11(17)6-5-9(15(16)20)14-13(19)12(18)10(21-14)7-8-22(2,3)4;2*1-8-9(7-16-14(19)17-8)13-11(15)12(18)10(20-13)5-6-21(2,3)4/h7,12-14,16,22-23H,2,5-6,8H2,1,3-4H3,(H,18,24,25);6,8,11,13-15,19H,1,3,7,9H2,2,4-5H3,(H,16,18);5-6,9-10,12-14,18-19H,2,7-8H2,1,3-4H3;2*7,10-13,18H,1-2,5-6H2,3-4H3,(H2,16,17,19)/t12-,13-,14-,16-;11-,13-,14-,15-;9?,10-,12-,13-,14+;2*10-,11-,12-,13+/m11111/s1. The molecule has 5 saturated heterocycles. The number of urea groups is 2. The van der Waals surface area contributed by atoms with E-state index < -0.39 is 203 Å². The number of aromatic amines is 1. The number of esters is 1. The van der Waals surface area contributed by atoms with Crippen molar-refractivity contribution in [3.8, 4) is 0 Å². The molecule has 1 unspecified atom stereocenters. The molecule has 21 atom stereocenters. The summed E-state index contributed by atoms with van der Waals surface area (Å²) in [5, 5.41) is 83.8. The first-order valence-electron chi connectivity index (χ1n) is 36.8. The van der Waals surface area contributed by atoms with Gasteiger partial charge in [-0.3, -0.25) is 43.2 Å². The number of aliphatic hydroxyl groups excluding tert-OH is 7. The predicted octanol–water partition coefficient (Wildman–Crippen LogP) is 2.14. The Bertz CT molecular complexity index is 4160. The Kier molecular flexibility index (Phi) is 34.7. The van der Waals surface area contributed by atoms with Crippen molar-refractivity contribution in [2.75, 3.05) is 118 Å². The number of imide groups is 1. The molecule has 13 N–H and O–H groups in total. The van der Waals surface area contributed by atoms with Gasteiger partial charge in [-0.2, -0.15) is 0 Å². The number of nitrogens with zero attached hydrogens (tertiary/aromatic N) is 3. The summed E-state index contributed by atoms with van der Waals surface area (Å²) in [6, 6.07) is -0.758. The third-order valence-electron chi connectivity index (χ3n) is 19.5. The lowest BCUT2D eigenvalue weighted by Crippen LogP contribution is -2.47. The molecule has 32 nitrogen and oxygen atoms in total. The van der Waals surface area contributed by atoms with E-state index in [9.17, 15) is 83.3 Å². The highest BCUT2D eigenvalue weighted by Gasteiger charge is 2.52. The number of amides is 7. The van der Waals surface area contributed by atoms with Gasteiger partial charge in [0, 0.05) is 80.6 Å². The second kappa shape index (κ2) is 40.7. The molecule has 0 bridgehead atoms. The second-order valence-corrected chi connectivity index (χ2v) is 54.9. The quantitative estimate of drug-likeness (QED) is 0.0232. The number of ketones is 1. The number of likely N-dealkylation sites (N-methyl/N-ethyl adjacent to an activating group) is 1. The maximum Gasteiger partial charge on any atom is 0.330 e. The number of rotatable bonds is 24. The highest BCUT2D eigenvalue weighted by Crippen LogP contribution is 2.45. The average Bonchev–Trinajstić information content (AvgIpc) is 1.63. The zero-order chi connectivity index (χ0) is 85.9. The molecule has 0 aromatic carbocycles. The monoisotopic (exact) mass is 1720 g/mol. The molecule has 0 radical (unpaired) electrons. The van der Waals surface area contributed by atoms with Crippen LogP contribution in [-0.2, 0) is 52.3 Å². The Morgan fingerprint density at radius 2 is 1.02 bits per heavy atom. The highest BCUT2D eigenvalue weighted by molar-refractivity contribution is 7.73. The molecular formula is C75H118ClFN9O23P5. The number of hydrogen-bond donors (Lipinski definition) is 13. The van der Waals surface area contributed by atoms with Crippen LogP contribution in [0.25, 0.3) is 0 Å². The van der Waals surface area contributed by atoms with Crippen LogP contribution in [0, 0.1) is 5.92 Å². The van der Waals surface area contributed by atoms with Crippen LogP contribution in [0.1, 0.15) is 55.6 Å². The van der Waals surface area contributed by atoms with Crippen molar-refractivity contribution >= 4 is 119 Å². The summed E-state index contributed by atoms with van der Waals surface area (Å²) < 4.78 is 54.1. The SMILES string of the molecule is C=C1NC(=O)C=CN1[C@@H]1O[C@H](CCP(=C)(C)C)[C@@H](O)[C@H]1OC.C=C1NC(=O)NC=C1[C@@H]1O[C@H](CCP(=C)(C)C)[C@@H](O)[C@H]1Cl.C=C1NC(=O)NC=C1[C@@H]1O[C@H](CCP(=C)(C)C)[C@@H](O)[C@H]1F.C=P(C)(C)CC[C@H]1O[C@@H](C2C=CC(=O)N(C)C2=O)[C@H](O)[C@@H]1O.C=P(C)(C)CC[C@H]1O[C@@H](n2cc(C(=O)COC(C)=O)c(=O)[nH]c2=O)[C@H](O)[C@@H]1O. The largest absolute Gasteiger partial charge is 0.457 e. The Hall–Kier alpha value is -5.85. The van der Waals surface area contributed by atoms with Gasteiger partial charge in [0.05, 0.1) is 47.9 Å². The maximum absolute atomic E-state index is 14.3.